The summed E-state index contributed by atoms with van der Waals surface area (Å²) in [5.74, 6) is 0. The van der Waals surface area contributed by atoms with Crippen LogP contribution in [0.4, 0.5) is 17.1 Å². The Labute approximate surface area is 126 Å². The van der Waals surface area contributed by atoms with Gasteiger partial charge in [-0.1, -0.05) is 40.2 Å². The summed E-state index contributed by atoms with van der Waals surface area (Å²) < 4.78 is 1.09. The average Bonchev–Trinajstić information content (AvgIpc) is 2.44. The number of aryl methyl sites for hydroxylation is 1. The zero-order valence-corrected chi connectivity index (χ0v) is 12.7. The van der Waals surface area contributed by atoms with Crippen LogP contribution in [0.5, 0.6) is 0 Å². The van der Waals surface area contributed by atoms with E-state index in [4.69, 9.17) is 5.73 Å². The van der Waals surface area contributed by atoms with Gasteiger partial charge in [0.15, 0.2) is 0 Å². The number of rotatable bonds is 2. The van der Waals surface area contributed by atoms with Crippen molar-refractivity contribution in [3.63, 3.8) is 0 Å². The van der Waals surface area contributed by atoms with Crippen molar-refractivity contribution < 1.29 is 0 Å². The third-order valence-corrected chi connectivity index (χ3v) is 3.90. The van der Waals surface area contributed by atoms with Crippen LogP contribution in [0.1, 0.15) is 5.56 Å². The highest BCUT2D eigenvalue weighted by Crippen LogP contribution is 2.28. The van der Waals surface area contributed by atoms with Gasteiger partial charge in [0.2, 0.25) is 0 Å². The first-order valence-electron chi connectivity index (χ1n) is 6.45. The van der Waals surface area contributed by atoms with E-state index in [-0.39, 0.29) is 0 Å². The second kappa shape index (κ2) is 5.17. The van der Waals surface area contributed by atoms with Crippen molar-refractivity contribution in [2.45, 2.75) is 6.92 Å². The predicted octanol–water partition coefficient (Wildman–Crippen LogP) is 5.24. The third-order valence-electron chi connectivity index (χ3n) is 3.41. The van der Waals surface area contributed by atoms with Crippen LogP contribution in [0.25, 0.3) is 10.8 Å². The Hall–Kier alpha value is -2.00. The van der Waals surface area contributed by atoms with E-state index >= 15 is 0 Å². The zero-order valence-electron chi connectivity index (χ0n) is 11.2. The second-order valence-electron chi connectivity index (χ2n) is 4.87. The van der Waals surface area contributed by atoms with Crippen LogP contribution in [0.3, 0.4) is 0 Å². The SMILES string of the molecule is Cc1cccc(Nc2ccc3cc(Br)ccc3c2)c1N. The Morgan fingerprint density at radius 2 is 1.70 bits per heavy atom. The van der Waals surface area contributed by atoms with Crippen molar-refractivity contribution in [2.24, 2.45) is 0 Å². The van der Waals surface area contributed by atoms with Gasteiger partial charge in [0.05, 0.1) is 11.4 Å². The monoisotopic (exact) mass is 326 g/mol. The van der Waals surface area contributed by atoms with E-state index in [1.165, 1.54) is 10.8 Å². The molecule has 0 fully saturated rings. The van der Waals surface area contributed by atoms with Crippen molar-refractivity contribution >= 4 is 43.8 Å². The lowest BCUT2D eigenvalue weighted by atomic mass is 10.1. The normalized spacial score (nSPS) is 10.7. The number of nitrogens with two attached hydrogens (primary N) is 1. The molecule has 3 rings (SSSR count). The molecule has 0 heterocycles. The summed E-state index contributed by atoms with van der Waals surface area (Å²) in [5, 5.41) is 5.79. The summed E-state index contributed by atoms with van der Waals surface area (Å²) in [5.41, 5.74) is 9.96. The van der Waals surface area contributed by atoms with E-state index in [0.717, 1.165) is 27.1 Å². The van der Waals surface area contributed by atoms with Gasteiger partial charge in [-0.25, -0.2) is 0 Å². The zero-order chi connectivity index (χ0) is 14.1. The number of benzene rings is 3. The molecule has 0 aliphatic carbocycles. The maximum atomic E-state index is 6.09. The van der Waals surface area contributed by atoms with Crippen LogP contribution in [0, 0.1) is 6.92 Å². The van der Waals surface area contributed by atoms with E-state index in [1.54, 1.807) is 0 Å². The van der Waals surface area contributed by atoms with E-state index in [0.29, 0.717) is 0 Å². The first kappa shape index (κ1) is 13.0. The van der Waals surface area contributed by atoms with Crippen LogP contribution < -0.4 is 11.1 Å². The fourth-order valence-electron chi connectivity index (χ4n) is 2.24. The molecule has 0 radical (unpaired) electrons. The van der Waals surface area contributed by atoms with Crippen molar-refractivity contribution in [3.8, 4) is 0 Å². The van der Waals surface area contributed by atoms with Gasteiger partial charge < -0.3 is 11.1 Å². The first-order chi connectivity index (χ1) is 9.63. The Kier molecular flexibility index (Phi) is 3.36. The number of nitrogen functional groups attached to an aromatic ring is 1. The highest BCUT2D eigenvalue weighted by molar-refractivity contribution is 9.10. The maximum absolute atomic E-state index is 6.09. The Balaban J connectivity index is 1.99. The molecule has 0 aliphatic rings. The number of para-hydroxylation sites is 1. The topological polar surface area (TPSA) is 38.0 Å². The fourth-order valence-corrected chi connectivity index (χ4v) is 2.62. The fraction of sp³-hybridized carbons (Fsp3) is 0.0588. The van der Waals surface area contributed by atoms with Crippen LogP contribution in [0.2, 0.25) is 0 Å². The van der Waals surface area contributed by atoms with Gasteiger partial charge in [-0.3, -0.25) is 0 Å². The van der Waals surface area contributed by atoms with Gasteiger partial charge in [-0.15, -0.1) is 0 Å². The molecule has 0 atom stereocenters. The number of hydrogen-bond donors (Lipinski definition) is 2. The summed E-state index contributed by atoms with van der Waals surface area (Å²) in [4.78, 5) is 0. The minimum absolute atomic E-state index is 0.795. The van der Waals surface area contributed by atoms with Crippen molar-refractivity contribution in [1.29, 1.82) is 0 Å². The summed E-state index contributed by atoms with van der Waals surface area (Å²) in [7, 11) is 0. The Bertz CT molecular complexity index is 781. The molecule has 100 valence electrons. The highest BCUT2D eigenvalue weighted by Gasteiger charge is 2.03. The molecule has 3 aromatic carbocycles. The number of anilines is 3. The van der Waals surface area contributed by atoms with Gasteiger partial charge in [0.1, 0.15) is 0 Å². The predicted molar refractivity (Wildman–Crippen MR) is 90.5 cm³/mol. The molecular weight excluding hydrogens is 312 g/mol. The Morgan fingerprint density at radius 3 is 2.55 bits per heavy atom. The number of halogens is 1. The molecule has 0 saturated heterocycles. The highest BCUT2D eigenvalue weighted by atomic mass is 79.9. The van der Waals surface area contributed by atoms with Gasteiger partial charge in [0.25, 0.3) is 0 Å². The van der Waals surface area contributed by atoms with Crippen LogP contribution in [-0.4, -0.2) is 0 Å². The molecule has 0 spiro atoms. The number of hydrogen-bond acceptors (Lipinski definition) is 2. The Morgan fingerprint density at radius 1 is 0.950 bits per heavy atom. The minimum Gasteiger partial charge on any atom is -0.397 e. The standard InChI is InChI=1S/C17H15BrN2/c1-11-3-2-4-16(17(11)19)20-15-8-6-12-9-14(18)7-5-13(12)10-15/h2-10,20H,19H2,1H3. The molecule has 2 nitrogen and oxygen atoms in total. The molecule has 0 bridgehead atoms. The lowest BCUT2D eigenvalue weighted by Gasteiger charge is -2.12. The molecule has 3 aromatic rings. The van der Waals surface area contributed by atoms with Crippen LogP contribution in [0.15, 0.2) is 59.1 Å². The molecule has 0 aromatic heterocycles. The van der Waals surface area contributed by atoms with Crippen LogP contribution in [-0.2, 0) is 0 Å². The van der Waals surface area contributed by atoms with E-state index in [2.05, 4.69) is 51.6 Å². The lowest BCUT2D eigenvalue weighted by Crippen LogP contribution is -1.98. The first-order valence-corrected chi connectivity index (χ1v) is 7.24. The molecule has 3 N–H and O–H groups in total. The summed E-state index contributed by atoms with van der Waals surface area (Å²) in [6, 6.07) is 18.6. The molecule has 3 heteroatoms. The number of fused-ring (bicyclic) bond motifs is 1. The third kappa shape index (κ3) is 2.49. The maximum Gasteiger partial charge on any atom is 0.0620 e. The summed E-state index contributed by atoms with van der Waals surface area (Å²) in [6.45, 7) is 2.01. The van der Waals surface area contributed by atoms with Gasteiger partial charge >= 0.3 is 0 Å². The number of nitrogens with one attached hydrogen (secondary N) is 1. The van der Waals surface area contributed by atoms with Gasteiger partial charge in [-0.05, 0) is 53.6 Å². The molecule has 0 aliphatic heterocycles. The average molecular weight is 327 g/mol. The van der Waals surface area contributed by atoms with E-state index in [1.807, 2.05) is 31.2 Å². The van der Waals surface area contributed by atoms with Gasteiger partial charge in [-0.2, -0.15) is 0 Å². The van der Waals surface area contributed by atoms with Crippen molar-refractivity contribution in [1.82, 2.24) is 0 Å². The molecule has 20 heavy (non-hydrogen) atoms. The largest absolute Gasteiger partial charge is 0.397 e. The minimum atomic E-state index is 0.795. The molecular formula is C17H15BrN2. The van der Waals surface area contributed by atoms with E-state index in [9.17, 15) is 0 Å². The smallest absolute Gasteiger partial charge is 0.0620 e. The van der Waals surface area contributed by atoms with Crippen LogP contribution >= 0.6 is 15.9 Å². The molecule has 0 amide bonds. The van der Waals surface area contributed by atoms with Gasteiger partial charge in [0, 0.05) is 10.2 Å². The molecule has 0 unspecified atom stereocenters. The van der Waals surface area contributed by atoms with E-state index < -0.39 is 0 Å². The summed E-state index contributed by atoms with van der Waals surface area (Å²) in [6.07, 6.45) is 0. The summed E-state index contributed by atoms with van der Waals surface area (Å²) >= 11 is 3.49. The second-order valence-corrected chi connectivity index (χ2v) is 5.78. The quantitative estimate of drug-likeness (QED) is 0.632. The van der Waals surface area contributed by atoms with Crippen molar-refractivity contribution in [3.05, 3.63) is 64.6 Å². The van der Waals surface area contributed by atoms with Crippen molar-refractivity contribution in [2.75, 3.05) is 11.1 Å². The lowest BCUT2D eigenvalue weighted by molar-refractivity contribution is 1.45. The molecule has 0 saturated carbocycles.